The van der Waals surface area contributed by atoms with Gasteiger partial charge in [0, 0.05) is 5.56 Å². The second-order valence-electron chi connectivity index (χ2n) is 5.77. The zero-order valence-corrected chi connectivity index (χ0v) is 13.6. The molecule has 0 fully saturated rings. The fourth-order valence-electron chi connectivity index (χ4n) is 2.72. The summed E-state index contributed by atoms with van der Waals surface area (Å²) in [5.74, 6) is 2.12. The van der Waals surface area contributed by atoms with E-state index in [-0.39, 0.29) is 6.10 Å². The molecule has 0 atom stereocenters. The van der Waals surface area contributed by atoms with Gasteiger partial charge in [-0.1, -0.05) is 78.9 Å². The quantitative estimate of drug-likeness (QED) is 0.566. The molecule has 0 aliphatic carbocycles. The van der Waals surface area contributed by atoms with Crippen LogP contribution in [0.3, 0.4) is 0 Å². The molecule has 0 spiro atoms. The Labute approximate surface area is 138 Å². The lowest BCUT2D eigenvalue weighted by Gasteiger charge is -2.22. The summed E-state index contributed by atoms with van der Waals surface area (Å²) < 4.78 is 6.05. The first-order valence-corrected chi connectivity index (χ1v) is 7.99. The van der Waals surface area contributed by atoms with Gasteiger partial charge in [0.25, 0.3) is 0 Å². The van der Waals surface area contributed by atoms with E-state index in [1.807, 2.05) is 24.3 Å². The molecular weight excluding hydrogens is 280 g/mol. The van der Waals surface area contributed by atoms with Crippen LogP contribution in [0, 0.1) is 5.92 Å². The molecule has 115 valence electrons. The Kier molecular flexibility index (Phi) is 4.77. The third-order valence-electron chi connectivity index (χ3n) is 3.64. The maximum Gasteiger partial charge on any atom is 0.124 e. The Hall–Kier alpha value is -2.54. The smallest absolute Gasteiger partial charge is 0.124 e. The second kappa shape index (κ2) is 7.15. The van der Waals surface area contributed by atoms with Crippen molar-refractivity contribution in [2.24, 2.45) is 0 Å². The molecule has 1 nitrogen and oxygen atoms in total. The molecule has 0 N–H and O–H groups in total. The molecule has 0 aliphatic heterocycles. The van der Waals surface area contributed by atoms with Crippen molar-refractivity contribution >= 4 is 0 Å². The first-order valence-electron chi connectivity index (χ1n) is 7.99. The Bertz CT molecular complexity index is 693. The third kappa shape index (κ3) is 3.62. The average Bonchev–Trinajstić information content (AvgIpc) is 2.58. The summed E-state index contributed by atoms with van der Waals surface area (Å²) in [5.41, 5.74) is 3.51. The van der Waals surface area contributed by atoms with E-state index in [2.05, 4.69) is 74.5 Å². The van der Waals surface area contributed by atoms with E-state index in [1.54, 1.807) is 0 Å². The number of benzene rings is 3. The van der Waals surface area contributed by atoms with Gasteiger partial charge in [0.05, 0.1) is 12.0 Å². The van der Waals surface area contributed by atoms with Crippen molar-refractivity contribution in [3.8, 4) is 5.75 Å². The summed E-state index contributed by atoms with van der Waals surface area (Å²) in [7, 11) is 0. The summed E-state index contributed by atoms with van der Waals surface area (Å²) in [6.45, 7) is 4.11. The van der Waals surface area contributed by atoms with Gasteiger partial charge in [-0.2, -0.15) is 0 Å². The van der Waals surface area contributed by atoms with Gasteiger partial charge in [0.1, 0.15) is 5.75 Å². The van der Waals surface area contributed by atoms with Crippen LogP contribution in [-0.4, -0.2) is 6.10 Å². The number of para-hydroxylation sites is 1. The van der Waals surface area contributed by atoms with Crippen molar-refractivity contribution in [1.29, 1.82) is 0 Å². The molecule has 0 aliphatic rings. The molecule has 1 heteroatoms. The fourth-order valence-corrected chi connectivity index (χ4v) is 2.72. The zero-order valence-electron chi connectivity index (χ0n) is 13.6. The van der Waals surface area contributed by atoms with E-state index in [0.717, 1.165) is 11.3 Å². The predicted molar refractivity (Wildman–Crippen MR) is 95.6 cm³/mol. The Morgan fingerprint density at radius 1 is 0.652 bits per heavy atom. The summed E-state index contributed by atoms with van der Waals surface area (Å²) in [6.07, 6.45) is 0.143. The highest BCUT2D eigenvalue weighted by atomic mass is 16.5. The van der Waals surface area contributed by atoms with Crippen molar-refractivity contribution in [2.75, 3.05) is 0 Å². The largest absolute Gasteiger partial charge is 0.491 e. The minimum absolute atomic E-state index is 0.143. The standard InChI is InChI=1S/C22H21O/c1-17(2)23-21-16-10-9-15-20(21)22(18-11-5-3-6-12-18)19-13-7-4-8-14-19/h3-17H,1-2H3. The molecule has 3 rings (SSSR count). The predicted octanol–water partition coefficient (Wildman–Crippen LogP) is 5.49. The van der Waals surface area contributed by atoms with Crippen molar-refractivity contribution in [2.45, 2.75) is 20.0 Å². The molecule has 0 unspecified atom stereocenters. The fraction of sp³-hybridized carbons (Fsp3) is 0.136. The first-order chi connectivity index (χ1) is 11.3. The third-order valence-corrected chi connectivity index (χ3v) is 3.64. The van der Waals surface area contributed by atoms with E-state index >= 15 is 0 Å². The molecule has 3 aromatic carbocycles. The van der Waals surface area contributed by atoms with Crippen LogP contribution in [-0.2, 0) is 0 Å². The van der Waals surface area contributed by atoms with E-state index in [4.69, 9.17) is 4.74 Å². The van der Waals surface area contributed by atoms with Gasteiger partial charge < -0.3 is 4.74 Å². The highest BCUT2D eigenvalue weighted by molar-refractivity contribution is 5.61. The minimum atomic E-state index is 0.143. The monoisotopic (exact) mass is 301 g/mol. The summed E-state index contributed by atoms with van der Waals surface area (Å²) in [4.78, 5) is 0. The van der Waals surface area contributed by atoms with Gasteiger partial charge in [-0.25, -0.2) is 0 Å². The maximum atomic E-state index is 6.05. The lowest BCUT2D eigenvalue weighted by molar-refractivity contribution is 0.241. The summed E-state index contributed by atoms with van der Waals surface area (Å²) in [6, 6.07) is 29.2. The van der Waals surface area contributed by atoms with Crippen molar-refractivity contribution < 1.29 is 4.74 Å². The molecule has 23 heavy (non-hydrogen) atoms. The number of hydrogen-bond donors (Lipinski definition) is 0. The van der Waals surface area contributed by atoms with Gasteiger partial charge >= 0.3 is 0 Å². The van der Waals surface area contributed by atoms with Crippen LogP contribution in [0.4, 0.5) is 0 Å². The van der Waals surface area contributed by atoms with Gasteiger partial charge in [-0.3, -0.25) is 0 Å². The number of hydrogen-bond acceptors (Lipinski definition) is 1. The normalized spacial score (nSPS) is 11.0. The maximum absolute atomic E-state index is 6.05. The van der Waals surface area contributed by atoms with Crippen LogP contribution in [0.1, 0.15) is 30.5 Å². The Morgan fingerprint density at radius 3 is 1.65 bits per heavy atom. The van der Waals surface area contributed by atoms with Crippen molar-refractivity contribution in [1.82, 2.24) is 0 Å². The van der Waals surface area contributed by atoms with Gasteiger partial charge in [0.15, 0.2) is 0 Å². The van der Waals surface area contributed by atoms with Crippen LogP contribution in [0.5, 0.6) is 5.75 Å². The Morgan fingerprint density at radius 2 is 1.13 bits per heavy atom. The highest BCUT2D eigenvalue weighted by Crippen LogP contribution is 2.36. The van der Waals surface area contributed by atoms with Crippen LogP contribution >= 0.6 is 0 Å². The molecule has 0 saturated carbocycles. The van der Waals surface area contributed by atoms with Crippen LogP contribution in [0.15, 0.2) is 84.9 Å². The van der Waals surface area contributed by atoms with Crippen molar-refractivity contribution in [3.05, 3.63) is 108 Å². The lowest BCUT2D eigenvalue weighted by atomic mass is 9.85. The lowest BCUT2D eigenvalue weighted by Crippen LogP contribution is -2.11. The molecule has 3 aromatic rings. The van der Waals surface area contributed by atoms with Gasteiger partial charge in [-0.15, -0.1) is 0 Å². The topological polar surface area (TPSA) is 9.23 Å². The van der Waals surface area contributed by atoms with Crippen LogP contribution < -0.4 is 4.74 Å². The summed E-state index contributed by atoms with van der Waals surface area (Å²) >= 11 is 0. The number of ether oxygens (including phenoxy) is 1. The summed E-state index contributed by atoms with van der Waals surface area (Å²) in [5, 5.41) is 0. The molecular formula is C22H21O. The zero-order chi connectivity index (χ0) is 16.1. The van der Waals surface area contributed by atoms with Crippen molar-refractivity contribution in [3.63, 3.8) is 0 Å². The molecule has 0 saturated heterocycles. The molecule has 0 heterocycles. The highest BCUT2D eigenvalue weighted by Gasteiger charge is 2.21. The second-order valence-corrected chi connectivity index (χ2v) is 5.77. The molecule has 0 aromatic heterocycles. The van der Waals surface area contributed by atoms with E-state index in [9.17, 15) is 0 Å². The first kappa shape index (κ1) is 15.4. The van der Waals surface area contributed by atoms with E-state index in [0.29, 0.717) is 0 Å². The van der Waals surface area contributed by atoms with E-state index in [1.165, 1.54) is 17.0 Å². The van der Waals surface area contributed by atoms with E-state index < -0.39 is 0 Å². The van der Waals surface area contributed by atoms with Gasteiger partial charge in [0.2, 0.25) is 0 Å². The molecule has 0 bridgehead atoms. The number of rotatable bonds is 5. The molecule has 1 radical (unpaired) electrons. The van der Waals surface area contributed by atoms with Gasteiger partial charge in [-0.05, 0) is 31.0 Å². The average molecular weight is 301 g/mol. The Balaban J connectivity index is 2.14. The minimum Gasteiger partial charge on any atom is -0.491 e. The molecule has 0 amide bonds. The SMILES string of the molecule is CC(C)Oc1ccccc1[C](c1ccccc1)c1ccccc1. The van der Waals surface area contributed by atoms with Crippen LogP contribution in [0.25, 0.3) is 0 Å². The van der Waals surface area contributed by atoms with Crippen LogP contribution in [0.2, 0.25) is 0 Å².